The Morgan fingerprint density at radius 1 is 1.18 bits per heavy atom. The zero-order chi connectivity index (χ0) is 19.5. The van der Waals surface area contributed by atoms with E-state index < -0.39 is 0 Å². The summed E-state index contributed by atoms with van der Waals surface area (Å²) in [4.78, 5) is 34.5. The molecule has 5 nitrogen and oxygen atoms in total. The van der Waals surface area contributed by atoms with Crippen molar-refractivity contribution in [1.29, 1.82) is 0 Å². The van der Waals surface area contributed by atoms with E-state index >= 15 is 0 Å². The van der Waals surface area contributed by atoms with Gasteiger partial charge in [0.2, 0.25) is 5.91 Å². The van der Waals surface area contributed by atoms with Crippen LogP contribution in [-0.4, -0.2) is 15.9 Å². The Hall–Kier alpha value is -2.47. The number of H-pyrrole nitrogens is 1. The first kappa shape index (κ1) is 18.9. The molecule has 4 rings (SSSR count). The number of aromatic amines is 1. The number of carbonyl (C=O) groups is 1. The maximum absolute atomic E-state index is 12.6. The first-order valence-electron chi connectivity index (χ1n) is 10.1. The molecule has 6 heteroatoms. The number of anilines is 1. The van der Waals surface area contributed by atoms with Crippen molar-refractivity contribution in [2.24, 2.45) is 0 Å². The molecule has 2 aromatic heterocycles. The standard InChI is InChI=1S/C22H25N3O2S/c1-2-5-14-8-10-15(11-9-14)23-19(26)13-12-18-24-21(27)20-16-6-3-4-7-17(16)28-22(20)25-18/h8-11H,2-7,12-13H2,1H3,(H,23,26)(H,24,25,27). The maximum atomic E-state index is 12.6. The quantitative estimate of drug-likeness (QED) is 0.650. The van der Waals surface area contributed by atoms with Crippen molar-refractivity contribution >= 4 is 33.1 Å². The van der Waals surface area contributed by atoms with Gasteiger partial charge in [-0.1, -0.05) is 25.5 Å². The zero-order valence-corrected chi connectivity index (χ0v) is 17.0. The molecule has 0 atom stereocenters. The first-order chi connectivity index (χ1) is 13.6. The number of hydrogen-bond donors (Lipinski definition) is 2. The largest absolute Gasteiger partial charge is 0.326 e. The molecule has 1 aliphatic rings. The Bertz CT molecular complexity index is 1050. The summed E-state index contributed by atoms with van der Waals surface area (Å²) in [5.41, 5.74) is 3.20. The van der Waals surface area contributed by atoms with Gasteiger partial charge in [0.25, 0.3) is 5.56 Å². The highest BCUT2D eigenvalue weighted by Gasteiger charge is 2.19. The minimum absolute atomic E-state index is 0.0636. The van der Waals surface area contributed by atoms with E-state index in [0.717, 1.165) is 48.0 Å². The van der Waals surface area contributed by atoms with Gasteiger partial charge in [-0.3, -0.25) is 9.59 Å². The summed E-state index contributed by atoms with van der Waals surface area (Å²) in [5.74, 6) is 0.515. The van der Waals surface area contributed by atoms with Crippen LogP contribution in [0.1, 0.15) is 54.4 Å². The predicted molar refractivity (Wildman–Crippen MR) is 114 cm³/mol. The SMILES string of the molecule is CCCc1ccc(NC(=O)CCc2nc3sc4c(c3c(=O)[nH]2)CCCC4)cc1. The van der Waals surface area contributed by atoms with Crippen LogP contribution in [0.25, 0.3) is 10.2 Å². The molecule has 3 aromatic rings. The Morgan fingerprint density at radius 2 is 1.96 bits per heavy atom. The predicted octanol–water partition coefficient (Wildman–Crippen LogP) is 4.39. The lowest BCUT2D eigenvalue weighted by Crippen LogP contribution is -2.16. The van der Waals surface area contributed by atoms with Crippen LogP contribution < -0.4 is 10.9 Å². The molecular formula is C22H25N3O2S. The molecule has 0 fully saturated rings. The number of benzene rings is 1. The van der Waals surface area contributed by atoms with E-state index in [-0.39, 0.29) is 17.9 Å². The number of carbonyl (C=O) groups excluding carboxylic acids is 1. The molecule has 0 spiro atoms. The molecule has 2 N–H and O–H groups in total. The van der Waals surface area contributed by atoms with Crippen LogP contribution >= 0.6 is 11.3 Å². The molecule has 0 aliphatic heterocycles. The number of fused-ring (bicyclic) bond motifs is 3. The summed E-state index contributed by atoms with van der Waals surface area (Å²) in [6.07, 6.45) is 7.20. The summed E-state index contributed by atoms with van der Waals surface area (Å²) in [7, 11) is 0. The second-order valence-electron chi connectivity index (χ2n) is 7.40. The fourth-order valence-electron chi connectivity index (χ4n) is 3.83. The van der Waals surface area contributed by atoms with Crippen molar-refractivity contribution in [2.75, 3.05) is 5.32 Å². The van der Waals surface area contributed by atoms with Crippen LogP contribution in [-0.2, 0) is 30.5 Å². The number of nitrogens with zero attached hydrogens (tertiary/aromatic N) is 1. The van der Waals surface area contributed by atoms with Gasteiger partial charge >= 0.3 is 0 Å². The van der Waals surface area contributed by atoms with Crippen molar-refractivity contribution in [3.63, 3.8) is 0 Å². The molecule has 2 heterocycles. The lowest BCUT2D eigenvalue weighted by molar-refractivity contribution is -0.116. The molecule has 1 amide bonds. The molecule has 0 bridgehead atoms. The second kappa shape index (κ2) is 8.27. The fraction of sp³-hybridized carbons (Fsp3) is 0.409. The van der Waals surface area contributed by atoms with E-state index in [9.17, 15) is 9.59 Å². The van der Waals surface area contributed by atoms with Gasteiger partial charge in [0, 0.05) is 23.4 Å². The molecule has 0 saturated heterocycles. The van der Waals surface area contributed by atoms with Crippen LogP contribution in [0.3, 0.4) is 0 Å². The van der Waals surface area contributed by atoms with Crippen LogP contribution in [0.4, 0.5) is 5.69 Å². The second-order valence-corrected chi connectivity index (χ2v) is 8.48. The number of aromatic nitrogens is 2. The molecule has 0 unspecified atom stereocenters. The minimum Gasteiger partial charge on any atom is -0.326 e. The Morgan fingerprint density at radius 3 is 2.75 bits per heavy atom. The van der Waals surface area contributed by atoms with Gasteiger partial charge in [-0.2, -0.15) is 0 Å². The van der Waals surface area contributed by atoms with E-state index in [1.807, 2.05) is 24.3 Å². The lowest BCUT2D eigenvalue weighted by Gasteiger charge is -2.09. The summed E-state index contributed by atoms with van der Waals surface area (Å²) in [5, 5.41) is 3.68. The van der Waals surface area contributed by atoms with Crippen LogP contribution in [0.15, 0.2) is 29.1 Å². The summed E-state index contributed by atoms with van der Waals surface area (Å²) in [6, 6.07) is 7.96. The Kier molecular flexibility index (Phi) is 5.57. The Labute approximate surface area is 168 Å². The molecule has 146 valence electrons. The number of amides is 1. The van der Waals surface area contributed by atoms with Crippen LogP contribution in [0.5, 0.6) is 0 Å². The highest BCUT2D eigenvalue weighted by atomic mass is 32.1. The summed E-state index contributed by atoms with van der Waals surface area (Å²) >= 11 is 1.64. The van der Waals surface area contributed by atoms with E-state index in [2.05, 4.69) is 22.2 Å². The number of hydrogen-bond acceptors (Lipinski definition) is 4. The number of aryl methyl sites for hydroxylation is 4. The minimum atomic E-state index is -0.0727. The molecule has 1 aliphatic carbocycles. The Balaban J connectivity index is 1.42. The van der Waals surface area contributed by atoms with E-state index in [1.165, 1.54) is 22.4 Å². The van der Waals surface area contributed by atoms with Gasteiger partial charge in [-0.25, -0.2) is 4.98 Å². The smallest absolute Gasteiger partial charge is 0.259 e. The lowest BCUT2D eigenvalue weighted by atomic mass is 9.97. The first-order valence-corrected chi connectivity index (χ1v) is 10.9. The highest BCUT2D eigenvalue weighted by Crippen LogP contribution is 2.33. The van der Waals surface area contributed by atoms with Gasteiger partial charge in [0.05, 0.1) is 5.39 Å². The average Bonchev–Trinajstić information content (AvgIpc) is 3.07. The number of nitrogens with one attached hydrogen (secondary N) is 2. The number of rotatable bonds is 6. The summed E-state index contributed by atoms with van der Waals surface area (Å²) < 4.78 is 0. The van der Waals surface area contributed by atoms with Gasteiger partial charge in [0.15, 0.2) is 0 Å². The number of thiophene rings is 1. The van der Waals surface area contributed by atoms with Crippen molar-refractivity contribution in [3.05, 3.63) is 56.4 Å². The summed E-state index contributed by atoms with van der Waals surface area (Å²) in [6.45, 7) is 2.15. The van der Waals surface area contributed by atoms with Crippen molar-refractivity contribution < 1.29 is 4.79 Å². The van der Waals surface area contributed by atoms with Crippen LogP contribution in [0.2, 0.25) is 0 Å². The molecule has 0 saturated carbocycles. The molecule has 0 radical (unpaired) electrons. The van der Waals surface area contributed by atoms with E-state index in [0.29, 0.717) is 12.2 Å². The van der Waals surface area contributed by atoms with Crippen LogP contribution in [0, 0.1) is 0 Å². The third-order valence-corrected chi connectivity index (χ3v) is 6.43. The normalized spacial score (nSPS) is 13.5. The maximum Gasteiger partial charge on any atom is 0.259 e. The van der Waals surface area contributed by atoms with Crippen molar-refractivity contribution in [1.82, 2.24) is 9.97 Å². The third-order valence-electron chi connectivity index (χ3n) is 5.24. The highest BCUT2D eigenvalue weighted by molar-refractivity contribution is 7.18. The topological polar surface area (TPSA) is 74.8 Å². The van der Waals surface area contributed by atoms with E-state index in [1.54, 1.807) is 11.3 Å². The van der Waals surface area contributed by atoms with Crippen molar-refractivity contribution in [2.45, 2.75) is 58.3 Å². The van der Waals surface area contributed by atoms with Crippen molar-refractivity contribution in [3.8, 4) is 0 Å². The zero-order valence-electron chi connectivity index (χ0n) is 16.1. The van der Waals surface area contributed by atoms with E-state index in [4.69, 9.17) is 0 Å². The van der Waals surface area contributed by atoms with Gasteiger partial charge in [-0.15, -0.1) is 11.3 Å². The molecule has 28 heavy (non-hydrogen) atoms. The molecular weight excluding hydrogens is 370 g/mol. The fourth-order valence-corrected chi connectivity index (χ4v) is 5.11. The third kappa shape index (κ3) is 4.02. The van der Waals surface area contributed by atoms with Gasteiger partial charge in [0.1, 0.15) is 10.7 Å². The van der Waals surface area contributed by atoms with Gasteiger partial charge < -0.3 is 10.3 Å². The van der Waals surface area contributed by atoms with Gasteiger partial charge in [-0.05, 0) is 55.4 Å². The monoisotopic (exact) mass is 395 g/mol. The average molecular weight is 396 g/mol. The molecule has 1 aromatic carbocycles.